The zero-order valence-electron chi connectivity index (χ0n) is 15.1. The largest absolute Gasteiger partial charge is 0.311 e. The molecule has 1 aliphatic rings. The van der Waals surface area contributed by atoms with Gasteiger partial charge in [0, 0.05) is 17.7 Å². The minimum Gasteiger partial charge on any atom is -0.311 e. The summed E-state index contributed by atoms with van der Waals surface area (Å²) in [6, 6.07) is 22.5. The average Bonchev–Trinajstić information content (AvgIpc) is 2.73. The number of carbonyl (C=O) groups excluding carboxylic acids is 1. The van der Waals surface area contributed by atoms with E-state index in [1.165, 1.54) is 17.3 Å². The molecule has 3 aromatic rings. The molecule has 3 aromatic carbocycles. The van der Waals surface area contributed by atoms with Crippen LogP contribution in [0.15, 0.2) is 71.7 Å². The second kappa shape index (κ2) is 8.19. The summed E-state index contributed by atoms with van der Waals surface area (Å²) < 4.78 is 0.969. The smallest absolute Gasteiger partial charge is 0.237 e. The summed E-state index contributed by atoms with van der Waals surface area (Å²) in [5, 5.41) is 2.26. The van der Waals surface area contributed by atoms with Crippen LogP contribution in [-0.4, -0.2) is 22.6 Å². The van der Waals surface area contributed by atoms with Gasteiger partial charge in [-0.25, -0.2) is 4.99 Å². The van der Waals surface area contributed by atoms with Crippen molar-refractivity contribution in [3.8, 4) is 0 Å². The maximum absolute atomic E-state index is 12.9. The molecule has 0 atom stereocenters. The maximum Gasteiger partial charge on any atom is 0.237 e. The lowest BCUT2D eigenvalue weighted by Crippen LogP contribution is -2.32. The lowest BCUT2D eigenvalue weighted by molar-refractivity contribution is -0.116. The number of aliphatic imine (C=N–C) groups is 1. The number of anilines is 1. The van der Waals surface area contributed by atoms with Gasteiger partial charge >= 0.3 is 0 Å². The molecule has 27 heavy (non-hydrogen) atoms. The number of amides is 1. The topological polar surface area (TPSA) is 32.7 Å². The van der Waals surface area contributed by atoms with Crippen LogP contribution in [0.25, 0.3) is 10.8 Å². The van der Waals surface area contributed by atoms with Gasteiger partial charge in [-0.1, -0.05) is 78.1 Å². The Balaban J connectivity index is 1.51. The van der Waals surface area contributed by atoms with Crippen molar-refractivity contribution in [2.45, 2.75) is 12.7 Å². The van der Waals surface area contributed by atoms with Gasteiger partial charge in [-0.2, -0.15) is 0 Å². The van der Waals surface area contributed by atoms with Gasteiger partial charge in [0.2, 0.25) is 5.91 Å². The van der Waals surface area contributed by atoms with Crippen LogP contribution in [0.4, 0.5) is 11.4 Å². The molecule has 0 saturated carbocycles. The van der Waals surface area contributed by atoms with Gasteiger partial charge in [-0.3, -0.25) is 4.79 Å². The Hall–Kier alpha value is -2.24. The first-order valence-electron chi connectivity index (χ1n) is 8.96. The van der Waals surface area contributed by atoms with Crippen LogP contribution in [0.3, 0.4) is 0 Å². The molecule has 0 spiro atoms. The molecule has 5 heteroatoms. The summed E-state index contributed by atoms with van der Waals surface area (Å²) in [6.45, 7) is 2.67. The van der Waals surface area contributed by atoms with Crippen LogP contribution in [-0.2, 0) is 10.5 Å². The van der Waals surface area contributed by atoms with Crippen molar-refractivity contribution in [2.75, 3.05) is 17.2 Å². The van der Waals surface area contributed by atoms with Crippen LogP contribution in [0.2, 0.25) is 0 Å². The van der Waals surface area contributed by atoms with Gasteiger partial charge in [0.25, 0.3) is 0 Å². The summed E-state index contributed by atoms with van der Waals surface area (Å²) in [5.74, 6) is 1.42. The molecule has 1 aliphatic heterocycles. The van der Waals surface area contributed by atoms with E-state index in [1.807, 2.05) is 54.3 Å². The van der Waals surface area contributed by atoms with Crippen molar-refractivity contribution in [3.63, 3.8) is 0 Å². The molecule has 0 bridgehead atoms. The standard InChI is InChI=1S/C22H20N2OS2/c1-2-24(20-13-7-10-16-8-3-5-11-18(16)20)21(25)15-27-22-23-19-12-6-4-9-17(19)14-26-22/h3-13H,2,14-15H2,1H3. The molecule has 0 fully saturated rings. The van der Waals surface area contributed by atoms with Crippen molar-refractivity contribution in [1.29, 1.82) is 0 Å². The van der Waals surface area contributed by atoms with Gasteiger partial charge < -0.3 is 4.90 Å². The van der Waals surface area contributed by atoms with E-state index in [0.717, 1.165) is 32.3 Å². The Kier molecular flexibility index (Phi) is 5.50. The summed E-state index contributed by atoms with van der Waals surface area (Å²) in [5.41, 5.74) is 3.25. The number of rotatable bonds is 4. The second-order valence-electron chi connectivity index (χ2n) is 6.22. The van der Waals surface area contributed by atoms with E-state index in [9.17, 15) is 4.79 Å². The lowest BCUT2D eigenvalue weighted by Gasteiger charge is -2.23. The van der Waals surface area contributed by atoms with Crippen molar-refractivity contribution >= 4 is 56.0 Å². The van der Waals surface area contributed by atoms with Crippen LogP contribution >= 0.6 is 23.5 Å². The summed E-state index contributed by atoms with van der Waals surface area (Å²) >= 11 is 3.24. The third-order valence-electron chi connectivity index (χ3n) is 4.55. The average molecular weight is 393 g/mol. The summed E-state index contributed by atoms with van der Waals surface area (Å²) in [4.78, 5) is 19.5. The number of nitrogens with zero attached hydrogens (tertiary/aromatic N) is 2. The predicted octanol–water partition coefficient (Wildman–Crippen LogP) is 5.86. The number of carbonyl (C=O) groups is 1. The highest BCUT2D eigenvalue weighted by Gasteiger charge is 2.19. The van der Waals surface area contributed by atoms with E-state index < -0.39 is 0 Å². The van der Waals surface area contributed by atoms with Gasteiger partial charge in [0.15, 0.2) is 0 Å². The molecule has 0 radical (unpaired) electrons. The van der Waals surface area contributed by atoms with Crippen molar-refractivity contribution < 1.29 is 4.79 Å². The Labute approximate surface area is 167 Å². The van der Waals surface area contributed by atoms with Crippen LogP contribution in [0, 0.1) is 0 Å². The molecule has 136 valence electrons. The molecule has 1 heterocycles. The number of benzene rings is 3. The fourth-order valence-electron chi connectivity index (χ4n) is 3.21. The minimum absolute atomic E-state index is 0.112. The van der Waals surface area contributed by atoms with E-state index in [-0.39, 0.29) is 5.91 Å². The molecular weight excluding hydrogens is 372 g/mol. The van der Waals surface area contributed by atoms with Gasteiger partial charge in [-0.15, -0.1) is 0 Å². The Morgan fingerprint density at radius 3 is 2.74 bits per heavy atom. The SMILES string of the molecule is CCN(C(=O)CSC1=Nc2ccccc2CS1)c1cccc2ccccc12. The zero-order chi connectivity index (χ0) is 18.6. The monoisotopic (exact) mass is 392 g/mol. The van der Waals surface area contributed by atoms with E-state index in [4.69, 9.17) is 4.99 Å². The van der Waals surface area contributed by atoms with Crippen LogP contribution in [0.5, 0.6) is 0 Å². The molecule has 0 unspecified atom stereocenters. The number of para-hydroxylation sites is 1. The first kappa shape index (κ1) is 18.1. The Morgan fingerprint density at radius 1 is 1.07 bits per heavy atom. The molecule has 0 saturated heterocycles. The third kappa shape index (κ3) is 3.89. The van der Waals surface area contributed by atoms with Crippen molar-refractivity contribution in [2.24, 2.45) is 4.99 Å². The minimum atomic E-state index is 0.112. The first-order chi connectivity index (χ1) is 13.3. The van der Waals surface area contributed by atoms with E-state index in [1.54, 1.807) is 11.8 Å². The zero-order valence-corrected chi connectivity index (χ0v) is 16.7. The third-order valence-corrected chi connectivity index (χ3v) is 6.78. The maximum atomic E-state index is 12.9. The molecule has 0 N–H and O–H groups in total. The van der Waals surface area contributed by atoms with Crippen LogP contribution < -0.4 is 4.90 Å². The van der Waals surface area contributed by atoms with Crippen molar-refractivity contribution in [3.05, 3.63) is 72.3 Å². The quantitative estimate of drug-likeness (QED) is 0.557. The molecule has 0 aromatic heterocycles. The highest BCUT2D eigenvalue weighted by atomic mass is 32.2. The highest BCUT2D eigenvalue weighted by molar-refractivity contribution is 8.38. The van der Waals surface area contributed by atoms with Crippen molar-refractivity contribution in [1.82, 2.24) is 0 Å². The fraction of sp³-hybridized carbons (Fsp3) is 0.182. The number of hydrogen-bond acceptors (Lipinski definition) is 4. The number of thioether (sulfide) groups is 2. The normalized spacial score (nSPS) is 13.1. The molecule has 1 amide bonds. The van der Waals surface area contributed by atoms with Gasteiger partial charge in [0.1, 0.15) is 4.38 Å². The predicted molar refractivity (Wildman–Crippen MR) is 119 cm³/mol. The summed E-state index contributed by atoms with van der Waals surface area (Å²) in [7, 11) is 0. The molecule has 4 rings (SSSR count). The molecular formula is C22H20N2OS2. The van der Waals surface area contributed by atoms with Crippen LogP contribution in [0.1, 0.15) is 12.5 Å². The lowest BCUT2D eigenvalue weighted by atomic mass is 10.1. The first-order valence-corrected chi connectivity index (χ1v) is 10.9. The van der Waals surface area contributed by atoms with Gasteiger partial charge in [0.05, 0.1) is 17.1 Å². The number of fused-ring (bicyclic) bond motifs is 2. The second-order valence-corrected chi connectivity index (χ2v) is 8.41. The number of hydrogen-bond donors (Lipinski definition) is 0. The summed E-state index contributed by atoms with van der Waals surface area (Å²) in [6.07, 6.45) is 0. The van der Waals surface area contributed by atoms with E-state index in [0.29, 0.717) is 12.3 Å². The fourth-order valence-corrected chi connectivity index (χ4v) is 5.15. The molecule has 0 aliphatic carbocycles. The Bertz CT molecular complexity index is 1010. The van der Waals surface area contributed by atoms with Gasteiger partial charge in [-0.05, 0) is 30.0 Å². The highest BCUT2D eigenvalue weighted by Crippen LogP contribution is 2.35. The molecule has 3 nitrogen and oxygen atoms in total. The van der Waals surface area contributed by atoms with E-state index >= 15 is 0 Å². The Morgan fingerprint density at radius 2 is 1.85 bits per heavy atom. The van der Waals surface area contributed by atoms with E-state index in [2.05, 4.69) is 24.3 Å².